The van der Waals surface area contributed by atoms with Crippen LogP contribution < -0.4 is 0 Å². The van der Waals surface area contributed by atoms with E-state index in [9.17, 15) is 0 Å². The first-order valence-corrected chi connectivity index (χ1v) is 15.1. The van der Waals surface area contributed by atoms with Gasteiger partial charge in [-0.25, -0.2) is 0 Å². The van der Waals surface area contributed by atoms with E-state index in [1.807, 2.05) is 0 Å². The first kappa shape index (κ1) is 30.7. The van der Waals surface area contributed by atoms with Crippen LogP contribution >= 0.6 is 0 Å². The minimum atomic E-state index is 1.31. The lowest BCUT2D eigenvalue weighted by molar-refractivity contribution is 0.527. The maximum absolute atomic E-state index is 2.45. The minimum absolute atomic E-state index is 1.31. The summed E-state index contributed by atoms with van der Waals surface area (Å²) in [4.78, 5) is 0. The predicted octanol–water partition coefficient (Wildman–Crippen LogP) is 12.1. The molecule has 0 aromatic carbocycles. The van der Waals surface area contributed by atoms with Crippen molar-refractivity contribution in [1.82, 2.24) is 0 Å². The summed E-state index contributed by atoms with van der Waals surface area (Å²) in [5, 5.41) is 0. The van der Waals surface area contributed by atoms with E-state index in [1.165, 1.54) is 173 Å². The zero-order valence-corrected chi connectivity index (χ0v) is 22.2. The third-order valence-electron chi connectivity index (χ3n) is 6.87. The maximum atomic E-state index is 2.45. The van der Waals surface area contributed by atoms with Crippen molar-refractivity contribution in [3.8, 4) is 0 Å². The molecule has 0 saturated carbocycles. The Labute approximate surface area is 199 Å². The number of rotatable bonds is 27. The molecule has 0 fully saturated rings. The zero-order chi connectivity index (χ0) is 22.5. The summed E-state index contributed by atoms with van der Waals surface area (Å²) in [5.41, 5.74) is 0. The summed E-state index contributed by atoms with van der Waals surface area (Å²) in [6, 6.07) is 0. The quantitative estimate of drug-likeness (QED) is 0.0890. The lowest BCUT2D eigenvalue weighted by Crippen LogP contribution is -1.83. The van der Waals surface area contributed by atoms with E-state index in [1.54, 1.807) is 0 Å². The van der Waals surface area contributed by atoms with Gasteiger partial charge in [-0.3, -0.25) is 0 Å². The molecule has 0 atom stereocenters. The fraction of sp³-hybridized carbons (Fsp3) is 0.935. The Kier molecular flexibility index (Phi) is 29.5. The molecular weight excluding hydrogens is 372 g/mol. The predicted molar refractivity (Wildman–Crippen MR) is 145 cm³/mol. The number of hydrogen-bond donors (Lipinski definition) is 0. The molecule has 0 radical (unpaired) electrons. The Hall–Kier alpha value is -0.260. The number of allylic oxidation sites excluding steroid dienone is 2. The molecule has 0 heterocycles. The highest BCUT2D eigenvalue weighted by atomic mass is 14.0. The maximum Gasteiger partial charge on any atom is -0.0351 e. The molecule has 0 amide bonds. The van der Waals surface area contributed by atoms with Crippen LogP contribution in [0.15, 0.2) is 12.2 Å². The third-order valence-corrected chi connectivity index (χ3v) is 6.87. The van der Waals surface area contributed by atoms with Crippen LogP contribution in [0.3, 0.4) is 0 Å². The first-order chi connectivity index (χ1) is 15.4. The Morgan fingerprint density at radius 3 is 0.677 bits per heavy atom. The normalized spacial score (nSPS) is 11.7. The number of unbranched alkanes of at least 4 members (excludes halogenated alkanes) is 25. The molecule has 0 heteroatoms. The summed E-state index contributed by atoms with van der Waals surface area (Å²) in [6.07, 6.45) is 43.9. The van der Waals surface area contributed by atoms with Gasteiger partial charge in [0, 0.05) is 0 Å². The van der Waals surface area contributed by atoms with E-state index in [2.05, 4.69) is 26.0 Å². The van der Waals surface area contributed by atoms with E-state index < -0.39 is 0 Å². The fourth-order valence-electron chi connectivity index (χ4n) is 4.62. The van der Waals surface area contributed by atoms with Gasteiger partial charge in [-0.15, -0.1) is 0 Å². The molecule has 186 valence electrons. The van der Waals surface area contributed by atoms with Gasteiger partial charge in [0.25, 0.3) is 0 Å². The van der Waals surface area contributed by atoms with Crippen molar-refractivity contribution in [3.05, 3.63) is 12.2 Å². The summed E-state index contributed by atoms with van der Waals surface area (Å²) in [7, 11) is 0. The molecule has 0 aliphatic rings. The summed E-state index contributed by atoms with van der Waals surface area (Å²) < 4.78 is 0. The van der Waals surface area contributed by atoms with E-state index in [-0.39, 0.29) is 0 Å². The fourth-order valence-corrected chi connectivity index (χ4v) is 4.62. The Bertz CT molecular complexity index is 316. The van der Waals surface area contributed by atoms with Crippen LogP contribution in [0.2, 0.25) is 0 Å². The average Bonchev–Trinajstić information content (AvgIpc) is 2.78. The topological polar surface area (TPSA) is 0 Å². The second-order valence-corrected chi connectivity index (χ2v) is 10.2. The van der Waals surface area contributed by atoms with Crippen LogP contribution in [0.4, 0.5) is 0 Å². The molecule has 0 aliphatic carbocycles. The van der Waals surface area contributed by atoms with Crippen LogP contribution in [0, 0.1) is 0 Å². The second-order valence-electron chi connectivity index (χ2n) is 10.2. The third kappa shape index (κ3) is 29.7. The van der Waals surface area contributed by atoms with E-state index in [0.29, 0.717) is 0 Å². The number of hydrogen-bond acceptors (Lipinski definition) is 0. The molecule has 0 unspecified atom stereocenters. The standard InChI is InChI=1S/C31H62/c1-3-5-7-9-11-13-15-17-19-21-23-25-27-29-31-30-28-26-24-22-20-18-16-14-12-10-8-6-4-2/h21,23H,3-20,22,24-31H2,1-2H3/b23-21+. The van der Waals surface area contributed by atoms with E-state index in [4.69, 9.17) is 0 Å². The highest BCUT2D eigenvalue weighted by Crippen LogP contribution is 2.14. The molecular formula is C31H62. The second kappa shape index (κ2) is 29.7. The van der Waals surface area contributed by atoms with Crippen molar-refractivity contribution >= 4 is 0 Å². The van der Waals surface area contributed by atoms with Gasteiger partial charge in [0.2, 0.25) is 0 Å². The van der Waals surface area contributed by atoms with Crippen LogP contribution in [-0.4, -0.2) is 0 Å². The lowest BCUT2D eigenvalue weighted by Gasteiger charge is -2.03. The van der Waals surface area contributed by atoms with Crippen molar-refractivity contribution in [1.29, 1.82) is 0 Å². The summed E-state index contributed by atoms with van der Waals surface area (Å²) in [5.74, 6) is 0. The van der Waals surface area contributed by atoms with Crippen molar-refractivity contribution in [3.63, 3.8) is 0 Å². The highest BCUT2D eigenvalue weighted by molar-refractivity contribution is 4.81. The smallest absolute Gasteiger partial charge is 0.0351 e. The van der Waals surface area contributed by atoms with Gasteiger partial charge in [-0.1, -0.05) is 174 Å². The molecule has 0 rings (SSSR count). The molecule has 0 aromatic rings. The Balaban J connectivity index is 3.05. The van der Waals surface area contributed by atoms with Crippen LogP contribution in [0.25, 0.3) is 0 Å². The van der Waals surface area contributed by atoms with Crippen molar-refractivity contribution in [2.45, 2.75) is 187 Å². The van der Waals surface area contributed by atoms with E-state index >= 15 is 0 Å². The van der Waals surface area contributed by atoms with Gasteiger partial charge in [0.15, 0.2) is 0 Å². The minimum Gasteiger partial charge on any atom is -0.0885 e. The Morgan fingerprint density at radius 2 is 0.452 bits per heavy atom. The van der Waals surface area contributed by atoms with Crippen molar-refractivity contribution in [2.75, 3.05) is 0 Å². The molecule has 0 aromatic heterocycles. The average molecular weight is 435 g/mol. The summed E-state index contributed by atoms with van der Waals surface area (Å²) in [6.45, 7) is 4.60. The zero-order valence-electron chi connectivity index (χ0n) is 22.2. The van der Waals surface area contributed by atoms with Crippen molar-refractivity contribution in [2.24, 2.45) is 0 Å². The Morgan fingerprint density at radius 1 is 0.258 bits per heavy atom. The van der Waals surface area contributed by atoms with Gasteiger partial charge >= 0.3 is 0 Å². The molecule has 0 bridgehead atoms. The van der Waals surface area contributed by atoms with Crippen LogP contribution in [-0.2, 0) is 0 Å². The summed E-state index contributed by atoms with van der Waals surface area (Å²) >= 11 is 0. The van der Waals surface area contributed by atoms with Crippen LogP contribution in [0.1, 0.15) is 187 Å². The molecule has 31 heavy (non-hydrogen) atoms. The van der Waals surface area contributed by atoms with Crippen LogP contribution in [0.5, 0.6) is 0 Å². The molecule has 0 N–H and O–H groups in total. The lowest BCUT2D eigenvalue weighted by atomic mass is 10.0. The molecule has 0 nitrogen and oxygen atoms in total. The largest absolute Gasteiger partial charge is 0.0885 e. The van der Waals surface area contributed by atoms with E-state index in [0.717, 1.165) is 0 Å². The first-order valence-electron chi connectivity index (χ1n) is 15.1. The molecule has 0 saturated heterocycles. The van der Waals surface area contributed by atoms with Gasteiger partial charge in [0.05, 0.1) is 0 Å². The van der Waals surface area contributed by atoms with Gasteiger partial charge in [-0.05, 0) is 25.7 Å². The molecule has 0 spiro atoms. The van der Waals surface area contributed by atoms with Gasteiger partial charge in [0.1, 0.15) is 0 Å². The van der Waals surface area contributed by atoms with Crippen molar-refractivity contribution < 1.29 is 0 Å². The van der Waals surface area contributed by atoms with Gasteiger partial charge < -0.3 is 0 Å². The SMILES string of the molecule is CCCCCCCCCC/C=C/CCCCCCCCCCCCCCCCCCC. The highest BCUT2D eigenvalue weighted by Gasteiger charge is 1.95. The van der Waals surface area contributed by atoms with Gasteiger partial charge in [-0.2, -0.15) is 0 Å². The molecule has 0 aliphatic heterocycles. The monoisotopic (exact) mass is 434 g/mol.